The van der Waals surface area contributed by atoms with Gasteiger partial charge in [0.2, 0.25) is 5.91 Å². The van der Waals surface area contributed by atoms with Gasteiger partial charge in [0.25, 0.3) is 0 Å². The molecule has 2 rings (SSSR count). The van der Waals surface area contributed by atoms with Crippen LogP contribution in [-0.2, 0) is 16.0 Å². The molecule has 2 aromatic rings. The lowest BCUT2D eigenvalue weighted by Crippen LogP contribution is -2.48. The van der Waals surface area contributed by atoms with Gasteiger partial charge in [-0.25, -0.2) is 4.79 Å². The van der Waals surface area contributed by atoms with E-state index in [9.17, 15) is 14.7 Å². The first kappa shape index (κ1) is 15.0. The van der Waals surface area contributed by atoms with Crippen LogP contribution >= 0.6 is 0 Å². The second kappa shape index (κ2) is 6.37. The molecule has 110 valence electrons. The van der Waals surface area contributed by atoms with E-state index in [2.05, 4.69) is 5.32 Å². The number of carboxylic acids is 1. The van der Waals surface area contributed by atoms with Crippen LogP contribution in [-0.4, -0.2) is 29.1 Å². The second-order valence-corrected chi connectivity index (χ2v) is 5.07. The molecule has 0 bridgehead atoms. The molecule has 0 unspecified atom stereocenters. The summed E-state index contributed by atoms with van der Waals surface area (Å²) in [4.78, 5) is 22.8. The summed E-state index contributed by atoms with van der Waals surface area (Å²) in [6.45, 7) is 1.52. The Kier molecular flexibility index (Phi) is 4.55. The molecule has 1 amide bonds. The molecule has 5 heteroatoms. The number of hydrogen-bond donors (Lipinski definition) is 3. The minimum Gasteiger partial charge on any atom is -0.480 e. The van der Waals surface area contributed by atoms with Crippen molar-refractivity contribution in [3.63, 3.8) is 0 Å². The number of carbonyl (C=O) groups excluding carboxylic acids is 1. The predicted molar refractivity (Wildman–Crippen MR) is 80.9 cm³/mol. The Bertz CT molecular complexity index is 667. The van der Waals surface area contributed by atoms with Crippen LogP contribution in [0.5, 0.6) is 0 Å². The quantitative estimate of drug-likeness (QED) is 0.772. The first-order chi connectivity index (χ1) is 9.97. The number of rotatable bonds is 5. The zero-order valence-electron chi connectivity index (χ0n) is 11.7. The lowest BCUT2D eigenvalue weighted by atomic mass is 10.0. The maximum atomic E-state index is 11.6. The largest absolute Gasteiger partial charge is 0.480 e. The summed E-state index contributed by atoms with van der Waals surface area (Å²) >= 11 is 0. The first-order valence-electron chi connectivity index (χ1n) is 6.74. The van der Waals surface area contributed by atoms with Gasteiger partial charge in [0.05, 0.1) is 6.04 Å². The highest BCUT2D eigenvalue weighted by molar-refractivity contribution is 5.87. The molecule has 0 radical (unpaired) electrons. The van der Waals surface area contributed by atoms with Crippen LogP contribution in [0.2, 0.25) is 0 Å². The van der Waals surface area contributed by atoms with Crippen LogP contribution in [0.15, 0.2) is 42.5 Å². The molecule has 0 aromatic heterocycles. The molecule has 2 aromatic carbocycles. The van der Waals surface area contributed by atoms with Crippen LogP contribution in [0, 0.1) is 0 Å². The monoisotopic (exact) mass is 286 g/mol. The number of aliphatic carboxylic acids is 1. The Hall–Kier alpha value is -2.40. The minimum atomic E-state index is -1.07. The zero-order chi connectivity index (χ0) is 15.4. The van der Waals surface area contributed by atoms with E-state index in [1.54, 1.807) is 0 Å². The minimum absolute atomic E-state index is 0.221. The third-order valence-corrected chi connectivity index (χ3v) is 3.28. The highest BCUT2D eigenvalue weighted by atomic mass is 16.4. The molecule has 0 saturated heterocycles. The number of nitrogens with one attached hydrogen (secondary N) is 1. The number of carbonyl (C=O) groups is 2. The molecule has 0 saturated carbocycles. The number of nitrogens with two attached hydrogens (primary N) is 1. The van der Waals surface area contributed by atoms with Gasteiger partial charge in [-0.3, -0.25) is 4.79 Å². The fraction of sp³-hybridized carbons (Fsp3) is 0.250. The average Bonchev–Trinajstić information content (AvgIpc) is 2.46. The topological polar surface area (TPSA) is 92.4 Å². The number of benzene rings is 2. The van der Waals surface area contributed by atoms with E-state index in [4.69, 9.17) is 5.73 Å². The molecule has 0 aliphatic carbocycles. The van der Waals surface area contributed by atoms with Crippen molar-refractivity contribution < 1.29 is 14.7 Å². The third kappa shape index (κ3) is 3.79. The van der Waals surface area contributed by atoms with Gasteiger partial charge in [-0.05, 0) is 23.3 Å². The number of fused-ring (bicyclic) bond motifs is 1. The Morgan fingerprint density at radius 1 is 1.19 bits per heavy atom. The molecular weight excluding hydrogens is 268 g/mol. The van der Waals surface area contributed by atoms with Crippen molar-refractivity contribution in [2.75, 3.05) is 0 Å². The van der Waals surface area contributed by atoms with Gasteiger partial charge < -0.3 is 16.2 Å². The summed E-state index contributed by atoms with van der Waals surface area (Å²) in [6, 6.07) is 11.9. The Labute approximate surface area is 122 Å². The maximum absolute atomic E-state index is 11.6. The molecule has 0 aliphatic rings. The van der Waals surface area contributed by atoms with Crippen molar-refractivity contribution in [1.29, 1.82) is 0 Å². The van der Waals surface area contributed by atoms with E-state index in [0.717, 1.165) is 16.3 Å². The van der Waals surface area contributed by atoms with Gasteiger partial charge in [-0.1, -0.05) is 42.5 Å². The fourth-order valence-corrected chi connectivity index (χ4v) is 2.10. The van der Waals surface area contributed by atoms with Crippen LogP contribution in [0.4, 0.5) is 0 Å². The summed E-state index contributed by atoms with van der Waals surface area (Å²) in [6.07, 6.45) is 0.221. The second-order valence-electron chi connectivity index (χ2n) is 5.07. The third-order valence-electron chi connectivity index (χ3n) is 3.28. The smallest absolute Gasteiger partial charge is 0.326 e. The molecule has 5 nitrogen and oxygen atoms in total. The molecular formula is C16H18N2O3. The molecule has 0 spiro atoms. The molecule has 0 aliphatic heterocycles. The van der Waals surface area contributed by atoms with Crippen molar-refractivity contribution >= 4 is 22.6 Å². The lowest BCUT2D eigenvalue weighted by Gasteiger charge is -2.16. The number of hydrogen-bond acceptors (Lipinski definition) is 3. The van der Waals surface area contributed by atoms with Gasteiger partial charge in [0, 0.05) is 6.42 Å². The molecule has 0 heterocycles. The van der Waals surface area contributed by atoms with E-state index in [1.165, 1.54) is 6.92 Å². The fourth-order valence-electron chi connectivity index (χ4n) is 2.10. The Morgan fingerprint density at radius 3 is 2.48 bits per heavy atom. The Balaban J connectivity index is 2.18. The van der Waals surface area contributed by atoms with E-state index in [-0.39, 0.29) is 6.42 Å². The van der Waals surface area contributed by atoms with Crippen LogP contribution in [0.25, 0.3) is 10.8 Å². The summed E-state index contributed by atoms with van der Waals surface area (Å²) in [5.41, 5.74) is 6.30. The van der Waals surface area contributed by atoms with Crippen molar-refractivity contribution in [1.82, 2.24) is 5.32 Å². The van der Waals surface area contributed by atoms with E-state index in [0.29, 0.717) is 0 Å². The molecule has 21 heavy (non-hydrogen) atoms. The summed E-state index contributed by atoms with van der Waals surface area (Å²) < 4.78 is 0. The van der Waals surface area contributed by atoms with Crippen LogP contribution in [0.1, 0.15) is 12.5 Å². The van der Waals surface area contributed by atoms with Gasteiger partial charge in [-0.15, -0.1) is 0 Å². The highest BCUT2D eigenvalue weighted by Crippen LogP contribution is 2.16. The highest BCUT2D eigenvalue weighted by Gasteiger charge is 2.21. The molecule has 4 N–H and O–H groups in total. The van der Waals surface area contributed by atoms with E-state index >= 15 is 0 Å². The first-order valence-corrected chi connectivity index (χ1v) is 6.74. The zero-order valence-corrected chi connectivity index (χ0v) is 11.7. The summed E-state index contributed by atoms with van der Waals surface area (Å²) in [5.74, 6) is -1.54. The van der Waals surface area contributed by atoms with Crippen molar-refractivity contribution in [3.05, 3.63) is 48.0 Å². The summed E-state index contributed by atoms with van der Waals surface area (Å²) in [7, 11) is 0. The lowest BCUT2D eigenvalue weighted by molar-refractivity contribution is -0.141. The van der Waals surface area contributed by atoms with Gasteiger partial charge >= 0.3 is 5.97 Å². The molecule has 2 atom stereocenters. The van der Waals surface area contributed by atoms with Crippen LogP contribution < -0.4 is 11.1 Å². The number of amides is 1. The number of carboxylic acid groups (broad SMARTS) is 1. The van der Waals surface area contributed by atoms with Crippen molar-refractivity contribution in [3.8, 4) is 0 Å². The predicted octanol–water partition coefficient (Wildman–Crippen LogP) is 1.30. The van der Waals surface area contributed by atoms with Crippen LogP contribution in [0.3, 0.4) is 0 Å². The van der Waals surface area contributed by atoms with Gasteiger partial charge in [0.1, 0.15) is 6.04 Å². The van der Waals surface area contributed by atoms with E-state index < -0.39 is 24.0 Å². The normalized spacial score (nSPS) is 13.6. The average molecular weight is 286 g/mol. The van der Waals surface area contributed by atoms with Crippen molar-refractivity contribution in [2.45, 2.75) is 25.4 Å². The summed E-state index contributed by atoms with van der Waals surface area (Å²) in [5, 5.41) is 13.8. The Morgan fingerprint density at radius 2 is 1.86 bits per heavy atom. The van der Waals surface area contributed by atoms with Crippen molar-refractivity contribution in [2.24, 2.45) is 5.73 Å². The van der Waals surface area contributed by atoms with Gasteiger partial charge in [-0.2, -0.15) is 0 Å². The van der Waals surface area contributed by atoms with Gasteiger partial charge in [0.15, 0.2) is 0 Å². The standard InChI is InChI=1S/C16H18N2O3/c1-10(17)15(19)18-14(16(20)21)9-11-6-7-12-4-2-3-5-13(12)8-11/h2-8,10,14H,9,17H2,1H3,(H,18,19)(H,20,21)/t10-,14-/m0/s1. The SMILES string of the molecule is C[C@H](N)C(=O)N[C@@H](Cc1ccc2ccccc2c1)C(=O)O. The molecule has 0 fully saturated rings. The van der Waals surface area contributed by atoms with E-state index in [1.807, 2.05) is 42.5 Å². The maximum Gasteiger partial charge on any atom is 0.326 e.